The number of urea groups is 1. The maximum Gasteiger partial charge on any atom is 0.326 e. The van der Waals surface area contributed by atoms with E-state index in [1.54, 1.807) is 33.0 Å². The van der Waals surface area contributed by atoms with E-state index in [4.69, 9.17) is 9.47 Å². The molecule has 7 heteroatoms. The third-order valence-electron chi connectivity index (χ3n) is 4.22. The molecule has 1 aromatic carbocycles. The number of carboxylic acids is 1. The lowest BCUT2D eigenvalue weighted by Gasteiger charge is -2.31. The van der Waals surface area contributed by atoms with Crippen LogP contribution in [0.15, 0.2) is 12.1 Å². The summed E-state index contributed by atoms with van der Waals surface area (Å²) in [7, 11) is 3.16. The van der Waals surface area contributed by atoms with Crippen LogP contribution in [-0.4, -0.2) is 48.8 Å². The van der Waals surface area contributed by atoms with Crippen molar-refractivity contribution in [3.63, 3.8) is 0 Å². The van der Waals surface area contributed by atoms with Gasteiger partial charge in [0.15, 0.2) is 11.5 Å². The van der Waals surface area contributed by atoms with Gasteiger partial charge in [-0.15, -0.1) is 0 Å². The van der Waals surface area contributed by atoms with E-state index in [9.17, 15) is 14.7 Å². The molecule has 2 N–H and O–H groups in total. The van der Waals surface area contributed by atoms with E-state index in [0.29, 0.717) is 31.0 Å². The van der Waals surface area contributed by atoms with Gasteiger partial charge in [-0.2, -0.15) is 0 Å². The van der Waals surface area contributed by atoms with E-state index in [0.717, 1.165) is 11.1 Å². The minimum Gasteiger partial charge on any atom is -0.493 e. The van der Waals surface area contributed by atoms with Crippen LogP contribution in [0.2, 0.25) is 0 Å². The quantitative estimate of drug-likeness (QED) is 0.857. The van der Waals surface area contributed by atoms with E-state index in [2.05, 4.69) is 5.32 Å². The highest BCUT2D eigenvalue weighted by Crippen LogP contribution is 2.33. The maximum atomic E-state index is 12.4. The van der Waals surface area contributed by atoms with Crippen molar-refractivity contribution >= 4 is 12.0 Å². The van der Waals surface area contributed by atoms with Crippen LogP contribution in [0.1, 0.15) is 25.0 Å². The molecule has 1 heterocycles. The topological polar surface area (TPSA) is 88.1 Å². The van der Waals surface area contributed by atoms with E-state index in [-0.39, 0.29) is 11.9 Å². The van der Waals surface area contributed by atoms with Crippen LogP contribution in [0.5, 0.6) is 11.5 Å². The number of ether oxygens (including phenoxy) is 2. The second-order valence-electron chi connectivity index (χ2n) is 6.16. The molecule has 0 saturated heterocycles. The van der Waals surface area contributed by atoms with Gasteiger partial charge >= 0.3 is 12.0 Å². The molecule has 0 spiro atoms. The van der Waals surface area contributed by atoms with E-state index in [1.807, 2.05) is 12.1 Å². The molecule has 0 radical (unpaired) electrons. The lowest BCUT2D eigenvalue weighted by molar-refractivity contribution is -0.140. The zero-order chi connectivity index (χ0) is 17.9. The number of methoxy groups -OCH3 is 2. The van der Waals surface area contributed by atoms with Gasteiger partial charge in [0.25, 0.3) is 0 Å². The van der Waals surface area contributed by atoms with Crippen molar-refractivity contribution in [2.24, 2.45) is 5.92 Å². The van der Waals surface area contributed by atoms with Crippen molar-refractivity contribution in [3.05, 3.63) is 23.3 Å². The van der Waals surface area contributed by atoms with Crippen molar-refractivity contribution in [2.75, 3.05) is 20.8 Å². The number of carbonyl (C=O) groups is 2. The van der Waals surface area contributed by atoms with Crippen molar-refractivity contribution in [1.82, 2.24) is 10.2 Å². The van der Waals surface area contributed by atoms with Gasteiger partial charge in [0.1, 0.15) is 6.04 Å². The third-order valence-corrected chi connectivity index (χ3v) is 4.22. The van der Waals surface area contributed by atoms with Gasteiger partial charge in [0.2, 0.25) is 0 Å². The van der Waals surface area contributed by atoms with E-state index in [1.165, 1.54) is 0 Å². The predicted octanol–water partition coefficient (Wildman–Crippen LogP) is 1.88. The number of carboxylic acid groups (broad SMARTS) is 1. The zero-order valence-corrected chi connectivity index (χ0v) is 14.5. The standard InChI is InChI=1S/C17H24N2O5/c1-10(2)15(16(20)21)18-17(22)19-6-5-11-7-13(23-3)14(24-4)8-12(11)9-19/h7-8,10,15H,5-6,9H2,1-4H3,(H,18,22)(H,20,21). The smallest absolute Gasteiger partial charge is 0.326 e. The van der Waals surface area contributed by atoms with Crippen LogP contribution in [0.25, 0.3) is 0 Å². The SMILES string of the molecule is COc1cc2c(cc1OC)CN(C(=O)NC(C(=O)O)C(C)C)CC2. The average molecular weight is 336 g/mol. The molecule has 1 aliphatic heterocycles. The molecule has 0 aliphatic carbocycles. The summed E-state index contributed by atoms with van der Waals surface area (Å²) in [5.74, 6) is 0.0686. The Balaban J connectivity index is 2.14. The lowest BCUT2D eigenvalue weighted by atomic mass is 9.99. The first-order valence-corrected chi connectivity index (χ1v) is 7.89. The van der Waals surface area contributed by atoms with Gasteiger partial charge in [-0.05, 0) is 35.6 Å². The van der Waals surface area contributed by atoms with Crippen LogP contribution in [0.4, 0.5) is 4.79 Å². The maximum absolute atomic E-state index is 12.4. The van der Waals surface area contributed by atoms with Gasteiger partial charge < -0.3 is 24.8 Å². The first kappa shape index (κ1) is 17.9. The van der Waals surface area contributed by atoms with Crippen molar-refractivity contribution in [2.45, 2.75) is 32.9 Å². The van der Waals surface area contributed by atoms with Crippen LogP contribution in [0, 0.1) is 5.92 Å². The van der Waals surface area contributed by atoms with Gasteiger partial charge in [0.05, 0.1) is 14.2 Å². The second-order valence-corrected chi connectivity index (χ2v) is 6.16. The molecule has 0 fully saturated rings. The van der Waals surface area contributed by atoms with Gasteiger partial charge in [-0.3, -0.25) is 0 Å². The Bertz CT molecular complexity index is 630. The van der Waals surface area contributed by atoms with Crippen molar-refractivity contribution in [3.8, 4) is 11.5 Å². The summed E-state index contributed by atoms with van der Waals surface area (Å²) in [5, 5.41) is 11.8. The van der Waals surface area contributed by atoms with Gasteiger partial charge in [-0.1, -0.05) is 13.8 Å². The fourth-order valence-electron chi connectivity index (χ4n) is 2.79. The number of carbonyl (C=O) groups excluding carboxylic acids is 1. The second kappa shape index (κ2) is 7.42. The van der Waals surface area contributed by atoms with Crippen molar-refractivity contribution < 1.29 is 24.2 Å². The molecular formula is C17H24N2O5. The van der Waals surface area contributed by atoms with Crippen LogP contribution < -0.4 is 14.8 Å². The first-order chi connectivity index (χ1) is 11.4. The van der Waals surface area contributed by atoms with E-state index >= 15 is 0 Å². The number of hydrogen-bond acceptors (Lipinski definition) is 4. The molecule has 0 bridgehead atoms. The first-order valence-electron chi connectivity index (χ1n) is 7.89. The fourth-order valence-corrected chi connectivity index (χ4v) is 2.79. The average Bonchev–Trinajstić information content (AvgIpc) is 2.56. The molecule has 0 saturated carbocycles. The lowest BCUT2D eigenvalue weighted by Crippen LogP contribution is -2.51. The molecule has 24 heavy (non-hydrogen) atoms. The predicted molar refractivity (Wildman–Crippen MR) is 88.5 cm³/mol. The van der Waals surface area contributed by atoms with Gasteiger partial charge in [-0.25, -0.2) is 9.59 Å². The summed E-state index contributed by atoms with van der Waals surface area (Å²) in [6, 6.07) is 2.53. The number of rotatable bonds is 5. The van der Waals surface area contributed by atoms with E-state index < -0.39 is 12.0 Å². The minimum atomic E-state index is -1.03. The summed E-state index contributed by atoms with van der Waals surface area (Å²) in [4.78, 5) is 25.3. The highest BCUT2D eigenvalue weighted by Gasteiger charge is 2.28. The Morgan fingerprint density at radius 1 is 1.17 bits per heavy atom. The summed E-state index contributed by atoms with van der Waals surface area (Å²) in [6.07, 6.45) is 0.683. The molecule has 132 valence electrons. The molecule has 2 amide bonds. The highest BCUT2D eigenvalue weighted by atomic mass is 16.5. The normalized spacial score (nSPS) is 14.8. The Kier molecular flexibility index (Phi) is 5.54. The zero-order valence-electron chi connectivity index (χ0n) is 14.5. The molecule has 0 aromatic heterocycles. The minimum absolute atomic E-state index is 0.187. The molecule has 1 unspecified atom stereocenters. The van der Waals surface area contributed by atoms with Crippen LogP contribution in [-0.2, 0) is 17.8 Å². The summed E-state index contributed by atoms with van der Waals surface area (Å²) < 4.78 is 10.6. The Morgan fingerprint density at radius 3 is 2.25 bits per heavy atom. The number of nitrogens with zero attached hydrogens (tertiary/aromatic N) is 1. The Morgan fingerprint density at radius 2 is 1.75 bits per heavy atom. The van der Waals surface area contributed by atoms with Crippen LogP contribution >= 0.6 is 0 Å². The number of fused-ring (bicyclic) bond motifs is 1. The van der Waals surface area contributed by atoms with Gasteiger partial charge in [0, 0.05) is 13.1 Å². The molecule has 1 aromatic rings. The monoisotopic (exact) mass is 336 g/mol. The number of benzene rings is 1. The summed E-state index contributed by atoms with van der Waals surface area (Å²) >= 11 is 0. The number of nitrogens with one attached hydrogen (secondary N) is 1. The Hall–Kier alpha value is -2.44. The largest absolute Gasteiger partial charge is 0.493 e. The van der Waals surface area contributed by atoms with Crippen LogP contribution in [0.3, 0.4) is 0 Å². The molecule has 2 rings (SSSR count). The fraction of sp³-hybridized carbons (Fsp3) is 0.529. The molecule has 1 aliphatic rings. The molecular weight excluding hydrogens is 312 g/mol. The summed E-state index contributed by atoms with van der Waals surface area (Å²) in [6.45, 7) is 4.47. The third kappa shape index (κ3) is 3.72. The molecule has 1 atom stereocenters. The number of hydrogen-bond donors (Lipinski definition) is 2. The molecule has 7 nitrogen and oxygen atoms in total. The summed E-state index contributed by atoms with van der Waals surface area (Å²) in [5.41, 5.74) is 2.08. The van der Waals surface area contributed by atoms with Crippen molar-refractivity contribution in [1.29, 1.82) is 0 Å². The number of amides is 2. The highest BCUT2D eigenvalue weighted by molar-refractivity contribution is 5.83. The number of aliphatic carboxylic acids is 1. The Labute approximate surface area is 141 Å².